The van der Waals surface area contributed by atoms with E-state index in [1.54, 1.807) is 0 Å². The molecule has 1 unspecified atom stereocenters. The van der Waals surface area contributed by atoms with Crippen LogP contribution in [0.5, 0.6) is 0 Å². The Balaban J connectivity index is 2.42. The van der Waals surface area contributed by atoms with E-state index in [0.717, 1.165) is 17.8 Å². The average molecular weight is 273 g/mol. The zero-order valence-electron chi connectivity index (χ0n) is 10.5. The van der Waals surface area contributed by atoms with Crippen molar-refractivity contribution in [3.05, 3.63) is 5.01 Å². The number of hydrogen-bond donors (Lipinski definition) is 1. The molecule has 0 fully saturated rings. The number of hydrogen-bond acceptors (Lipinski definition) is 5. The van der Waals surface area contributed by atoms with Gasteiger partial charge in [0.2, 0.25) is 11.0 Å². The summed E-state index contributed by atoms with van der Waals surface area (Å²) in [4.78, 5) is 11.6. The van der Waals surface area contributed by atoms with Gasteiger partial charge in [0, 0.05) is 6.42 Å². The molecule has 1 rings (SSSR count). The molecule has 96 valence electrons. The lowest BCUT2D eigenvalue weighted by molar-refractivity contribution is -0.115. The summed E-state index contributed by atoms with van der Waals surface area (Å²) in [5, 5.41) is 12.4. The summed E-state index contributed by atoms with van der Waals surface area (Å²) >= 11 is 3.00. The minimum Gasteiger partial charge on any atom is -0.300 e. The highest BCUT2D eigenvalue weighted by Gasteiger charge is 2.13. The number of rotatable bonds is 7. The van der Waals surface area contributed by atoms with Crippen LogP contribution in [0.1, 0.15) is 38.1 Å². The lowest BCUT2D eigenvalue weighted by Crippen LogP contribution is -2.21. The lowest BCUT2D eigenvalue weighted by Gasteiger charge is -2.05. The van der Waals surface area contributed by atoms with Crippen molar-refractivity contribution in [3.63, 3.8) is 0 Å². The predicted molar refractivity (Wildman–Crippen MR) is 74.7 cm³/mol. The van der Waals surface area contributed by atoms with E-state index in [1.165, 1.54) is 35.9 Å². The molecule has 0 aliphatic heterocycles. The third kappa shape index (κ3) is 5.04. The van der Waals surface area contributed by atoms with Crippen LogP contribution in [0.3, 0.4) is 0 Å². The summed E-state index contributed by atoms with van der Waals surface area (Å²) in [5.41, 5.74) is 0. The van der Waals surface area contributed by atoms with Crippen molar-refractivity contribution >= 4 is 34.1 Å². The van der Waals surface area contributed by atoms with E-state index in [-0.39, 0.29) is 11.2 Å². The summed E-state index contributed by atoms with van der Waals surface area (Å²) in [6.45, 7) is 4.05. The Morgan fingerprint density at radius 1 is 1.47 bits per heavy atom. The first kappa shape index (κ1) is 14.4. The Morgan fingerprint density at radius 2 is 2.24 bits per heavy atom. The van der Waals surface area contributed by atoms with Crippen LogP contribution in [0.15, 0.2) is 0 Å². The van der Waals surface area contributed by atoms with Crippen molar-refractivity contribution in [2.24, 2.45) is 0 Å². The zero-order chi connectivity index (χ0) is 12.7. The highest BCUT2D eigenvalue weighted by atomic mass is 32.2. The molecule has 0 bridgehead atoms. The Kier molecular flexibility index (Phi) is 6.50. The second kappa shape index (κ2) is 7.66. The zero-order valence-corrected chi connectivity index (χ0v) is 12.2. The minimum atomic E-state index is -0.0533. The number of aromatic nitrogens is 2. The third-order valence-electron chi connectivity index (χ3n) is 2.41. The molecule has 17 heavy (non-hydrogen) atoms. The van der Waals surface area contributed by atoms with E-state index in [2.05, 4.69) is 22.4 Å². The summed E-state index contributed by atoms with van der Waals surface area (Å²) in [5.74, 6) is -0.00578. The number of nitrogens with one attached hydrogen (secondary N) is 1. The Bertz CT molecular complexity index is 354. The molecule has 1 aromatic heterocycles. The summed E-state index contributed by atoms with van der Waals surface area (Å²) in [7, 11) is 0. The second-order valence-corrected chi connectivity index (χ2v) is 6.07. The number of carbonyl (C=O) groups excluding carboxylic acids is 1. The normalized spacial score (nSPS) is 12.4. The van der Waals surface area contributed by atoms with E-state index in [4.69, 9.17) is 0 Å². The van der Waals surface area contributed by atoms with Crippen LogP contribution in [-0.2, 0) is 11.2 Å². The monoisotopic (exact) mass is 273 g/mol. The molecule has 0 spiro atoms. The molecule has 0 saturated carbocycles. The van der Waals surface area contributed by atoms with Crippen LogP contribution in [0.2, 0.25) is 0 Å². The topological polar surface area (TPSA) is 54.9 Å². The van der Waals surface area contributed by atoms with Crippen LogP contribution in [-0.4, -0.2) is 27.6 Å². The number of nitrogens with zero attached hydrogens (tertiary/aromatic N) is 2. The summed E-state index contributed by atoms with van der Waals surface area (Å²) in [6, 6.07) is 0. The van der Waals surface area contributed by atoms with Gasteiger partial charge in [-0.3, -0.25) is 10.1 Å². The maximum Gasteiger partial charge on any atom is 0.239 e. The van der Waals surface area contributed by atoms with Gasteiger partial charge in [0.1, 0.15) is 5.01 Å². The van der Waals surface area contributed by atoms with Crippen LogP contribution < -0.4 is 5.32 Å². The van der Waals surface area contributed by atoms with Gasteiger partial charge in [-0.05, 0) is 19.6 Å². The lowest BCUT2D eigenvalue weighted by atomic mass is 10.2. The quantitative estimate of drug-likeness (QED) is 0.776. The molecule has 0 aromatic carbocycles. The Morgan fingerprint density at radius 3 is 2.88 bits per heavy atom. The molecule has 4 nitrogen and oxygen atoms in total. The fraction of sp³-hybridized carbons (Fsp3) is 0.727. The SMILES string of the molecule is CCCCCc1nnc(NC(=O)C(C)SC)s1. The third-order valence-corrected chi connectivity index (χ3v) is 4.23. The Labute approximate surface area is 111 Å². The van der Waals surface area contributed by atoms with Gasteiger partial charge in [-0.25, -0.2) is 0 Å². The van der Waals surface area contributed by atoms with Crippen LogP contribution >= 0.6 is 23.1 Å². The molecule has 1 aromatic rings. The van der Waals surface area contributed by atoms with Crippen LogP contribution in [0, 0.1) is 0 Å². The van der Waals surface area contributed by atoms with E-state index < -0.39 is 0 Å². The highest BCUT2D eigenvalue weighted by Crippen LogP contribution is 2.18. The van der Waals surface area contributed by atoms with Crippen molar-refractivity contribution < 1.29 is 4.79 Å². The van der Waals surface area contributed by atoms with E-state index >= 15 is 0 Å². The number of aryl methyl sites for hydroxylation is 1. The Hall–Kier alpha value is -0.620. The fourth-order valence-corrected chi connectivity index (χ4v) is 2.30. The van der Waals surface area contributed by atoms with Crippen LogP contribution in [0.4, 0.5) is 5.13 Å². The molecule has 1 amide bonds. The number of amides is 1. The molecule has 1 atom stereocenters. The van der Waals surface area contributed by atoms with Crippen molar-refractivity contribution in [2.45, 2.75) is 44.8 Å². The van der Waals surface area contributed by atoms with Gasteiger partial charge in [-0.1, -0.05) is 31.1 Å². The molecule has 0 radical (unpaired) electrons. The fourth-order valence-electron chi connectivity index (χ4n) is 1.25. The molecular weight excluding hydrogens is 254 g/mol. The number of carbonyl (C=O) groups is 1. The first-order chi connectivity index (χ1) is 8.17. The number of anilines is 1. The molecule has 6 heteroatoms. The second-order valence-electron chi connectivity index (χ2n) is 3.83. The molecule has 0 saturated heterocycles. The van der Waals surface area contributed by atoms with Gasteiger partial charge in [0.25, 0.3) is 0 Å². The van der Waals surface area contributed by atoms with Gasteiger partial charge < -0.3 is 0 Å². The van der Waals surface area contributed by atoms with E-state index in [9.17, 15) is 4.79 Å². The predicted octanol–water partition coefficient (Wildman–Crippen LogP) is 2.96. The van der Waals surface area contributed by atoms with Crippen molar-refractivity contribution in [2.75, 3.05) is 11.6 Å². The molecular formula is C11H19N3OS2. The van der Waals surface area contributed by atoms with Crippen molar-refractivity contribution in [3.8, 4) is 0 Å². The largest absolute Gasteiger partial charge is 0.300 e. The molecule has 1 heterocycles. The first-order valence-electron chi connectivity index (χ1n) is 5.83. The molecule has 1 N–H and O–H groups in total. The number of unbranched alkanes of at least 4 members (excludes halogenated alkanes) is 2. The maximum absolute atomic E-state index is 11.6. The number of thioether (sulfide) groups is 1. The average Bonchev–Trinajstić information content (AvgIpc) is 2.76. The standard InChI is InChI=1S/C11H19N3OS2/c1-4-5-6-7-9-13-14-11(17-9)12-10(15)8(2)16-3/h8H,4-7H2,1-3H3,(H,12,14,15). The molecule has 0 aliphatic rings. The van der Waals surface area contributed by atoms with Gasteiger partial charge in [-0.15, -0.1) is 10.2 Å². The van der Waals surface area contributed by atoms with Gasteiger partial charge in [0.15, 0.2) is 0 Å². The summed E-state index contributed by atoms with van der Waals surface area (Å²) in [6.07, 6.45) is 6.43. The van der Waals surface area contributed by atoms with Crippen LogP contribution in [0.25, 0.3) is 0 Å². The maximum atomic E-state index is 11.6. The highest BCUT2D eigenvalue weighted by molar-refractivity contribution is 7.99. The van der Waals surface area contributed by atoms with Gasteiger partial charge in [0.05, 0.1) is 5.25 Å². The van der Waals surface area contributed by atoms with E-state index in [1.807, 2.05) is 13.2 Å². The van der Waals surface area contributed by atoms with Crippen molar-refractivity contribution in [1.29, 1.82) is 0 Å². The van der Waals surface area contributed by atoms with Crippen molar-refractivity contribution in [1.82, 2.24) is 10.2 Å². The van der Waals surface area contributed by atoms with Gasteiger partial charge in [-0.2, -0.15) is 11.8 Å². The van der Waals surface area contributed by atoms with Gasteiger partial charge >= 0.3 is 0 Å². The van der Waals surface area contributed by atoms with E-state index in [0.29, 0.717) is 5.13 Å². The smallest absolute Gasteiger partial charge is 0.239 e. The summed E-state index contributed by atoms with van der Waals surface area (Å²) < 4.78 is 0. The molecule has 0 aliphatic carbocycles. The minimum absolute atomic E-state index is 0.00578. The first-order valence-corrected chi connectivity index (χ1v) is 7.93.